The number of halogens is 3. The quantitative estimate of drug-likeness (QED) is 0.722. The lowest BCUT2D eigenvalue weighted by Gasteiger charge is -2.11. The molecule has 1 N–H and O–H groups in total. The van der Waals surface area contributed by atoms with E-state index in [9.17, 15) is 22.8 Å². The van der Waals surface area contributed by atoms with E-state index in [0.717, 1.165) is 12.8 Å². The summed E-state index contributed by atoms with van der Waals surface area (Å²) in [5.74, 6) is -0.120. The molecule has 1 saturated carbocycles. The number of ether oxygens (including phenoxy) is 1. The Morgan fingerprint density at radius 3 is 2.62 bits per heavy atom. The van der Waals surface area contributed by atoms with Crippen molar-refractivity contribution in [2.75, 3.05) is 6.61 Å². The zero-order chi connectivity index (χ0) is 21.0. The minimum atomic E-state index is -4.44. The Morgan fingerprint density at radius 2 is 1.97 bits per heavy atom. The van der Waals surface area contributed by atoms with E-state index in [1.165, 1.54) is 24.4 Å². The fourth-order valence-corrected chi connectivity index (χ4v) is 2.57. The predicted molar refractivity (Wildman–Crippen MR) is 95.2 cm³/mol. The summed E-state index contributed by atoms with van der Waals surface area (Å²) in [6, 6.07) is 4.29. The van der Waals surface area contributed by atoms with Gasteiger partial charge in [0.15, 0.2) is 6.61 Å². The Balaban J connectivity index is 1.56. The summed E-state index contributed by atoms with van der Waals surface area (Å²) in [5.41, 5.74) is 1.19. The standard InChI is InChI=1S/C19H19F3N4O3/c1-11-13(4-5-17(25-11)29-10-19(20,21)22)9-24-18(28)14-6-7-23-16(26-14)8-15(27)12-2-3-12/h4-7,12H,2-3,8-10H2,1H3,(H,24,28). The van der Waals surface area contributed by atoms with E-state index in [1.807, 2.05) is 0 Å². The average Bonchev–Trinajstić information content (AvgIpc) is 3.50. The molecule has 29 heavy (non-hydrogen) atoms. The van der Waals surface area contributed by atoms with Crippen molar-refractivity contribution in [3.05, 3.63) is 47.2 Å². The van der Waals surface area contributed by atoms with E-state index in [0.29, 0.717) is 17.1 Å². The van der Waals surface area contributed by atoms with Gasteiger partial charge in [-0.25, -0.2) is 15.0 Å². The Bertz CT molecular complexity index is 914. The normalized spacial score (nSPS) is 13.8. The van der Waals surface area contributed by atoms with Crippen molar-refractivity contribution >= 4 is 11.7 Å². The van der Waals surface area contributed by atoms with Crippen molar-refractivity contribution in [3.63, 3.8) is 0 Å². The van der Waals surface area contributed by atoms with Crippen LogP contribution in [0.2, 0.25) is 0 Å². The molecule has 1 aliphatic rings. The Morgan fingerprint density at radius 1 is 1.21 bits per heavy atom. The van der Waals surface area contributed by atoms with Crippen molar-refractivity contribution in [3.8, 4) is 5.88 Å². The van der Waals surface area contributed by atoms with Crippen LogP contribution in [0.4, 0.5) is 13.2 Å². The second kappa shape index (κ2) is 8.54. The second-order valence-corrected chi connectivity index (χ2v) is 6.76. The smallest absolute Gasteiger partial charge is 0.422 e. The van der Waals surface area contributed by atoms with Crippen LogP contribution in [0.3, 0.4) is 0 Å². The summed E-state index contributed by atoms with van der Waals surface area (Å²) < 4.78 is 41.2. The molecular formula is C19H19F3N4O3. The lowest BCUT2D eigenvalue weighted by Crippen LogP contribution is -2.25. The first kappa shape index (κ1) is 20.7. The van der Waals surface area contributed by atoms with E-state index in [4.69, 9.17) is 0 Å². The van der Waals surface area contributed by atoms with Gasteiger partial charge in [-0.05, 0) is 31.4 Å². The van der Waals surface area contributed by atoms with Crippen LogP contribution in [0.15, 0.2) is 24.4 Å². The Hall–Kier alpha value is -3.04. The molecule has 0 spiro atoms. The molecule has 0 aromatic carbocycles. The van der Waals surface area contributed by atoms with E-state index in [-0.39, 0.29) is 36.2 Å². The van der Waals surface area contributed by atoms with Gasteiger partial charge in [-0.1, -0.05) is 6.07 Å². The highest BCUT2D eigenvalue weighted by molar-refractivity contribution is 5.92. The monoisotopic (exact) mass is 408 g/mol. The number of aromatic nitrogens is 3. The van der Waals surface area contributed by atoms with Gasteiger partial charge >= 0.3 is 6.18 Å². The van der Waals surface area contributed by atoms with E-state index < -0.39 is 18.7 Å². The number of hydrogen-bond acceptors (Lipinski definition) is 6. The molecule has 2 aromatic rings. The first-order chi connectivity index (χ1) is 13.7. The van der Waals surface area contributed by atoms with E-state index >= 15 is 0 Å². The van der Waals surface area contributed by atoms with Gasteiger partial charge in [0.2, 0.25) is 5.88 Å². The number of Topliss-reactive ketones (excluding diaryl/α,β-unsaturated/α-hetero) is 1. The molecule has 3 rings (SSSR count). The van der Waals surface area contributed by atoms with Gasteiger partial charge in [0.05, 0.1) is 6.42 Å². The fraction of sp³-hybridized carbons (Fsp3) is 0.421. The van der Waals surface area contributed by atoms with Crippen LogP contribution in [0.5, 0.6) is 5.88 Å². The number of nitrogens with one attached hydrogen (secondary N) is 1. The number of carbonyl (C=O) groups excluding carboxylic acids is 2. The molecule has 154 valence electrons. The Kier molecular flexibility index (Phi) is 6.09. The van der Waals surface area contributed by atoms with Crippen LogP contribution in [-0.2, 0) is 17.8 Å². The SMILES string of the molecule is Cc1nc(OCC(F)(F)F)ccc1CNC(=O)c1ccnc(CC(=O)C2CC2)n1. The largest absolute Gasteiger partial charge is 0.468 e. The topological polar surface area (TPSA) is 94.1 Å². The first-order valence-corrected chi connectivity index (χ1v) is 9.00. The highest BCUT2D eigenvalue weighted by atomic mass is 19.4. The molecule has 2 heterocycles. The van der Waals surface area contributed by atoms with Gasteiger partial charge in [0.25, 0.3) is 5.91 Å². The van der Waals surface area contributed by atoms with Crippen molar-refractivity contribution in [1.29, 1.82) is 0 Å². The summed E-state index contributed by atoms with van der Waals surface area (Å²) in [6.45, 7) is 0.292. The van der Waals surface area contributed by atoms with Gasteiger partial charge in [-0.2, -0.15) is 13.2 Å². The number of rotatable bonds is 8. The summed E-state index contributed by atoms with van der Waals surface area (Å²) in [5, 5.41) is 2.67. The molecule has 0 saturated heterocycles. The van der Waals surface area contributed by atoms with Crippen molar-refractivity contribution < 1.29 is 27.5 Å². The van der Waals surface area contributed by atoms with E-state index in [2.05, 4.69) is 25.0 Å². The van der Waals surface area contributed by atoms with Crippen LogP contribution < -0.4 is 10.1 Å². The molecule has 10 heteroatoms. The minimum Gasteiger partial charge on any atom is -0.468 e. The number of amides is 1. The molecule has 1 fully saturated rings. The molecule has 0 unspecified atom stereocenters. The summed E-state index contributed by atoms with van der Waals surface area (Å²) >= 11 is 0. The van der Waals surface area contributed by atoms with Crippen molar-refractivity contribution in [1.82, 2.24) is 20.3 Å². The minimum absolute atomic E-state index is 0.0806. The zero-order valence-electron chi connectivity index (χ0n) is 15.6. The average molecular weight is 408 g/mol. The van der Waals surface area contributed by atoms with Gasteiger partial charge in [-0.15, -0.1) is 0 Å². The molecule has 0 bridgehead atoms. The zero-order valence-corrected chi connectivity index (χ0v) is 15.6. The molecule has 0 atom stereocenters. The van der Waals surface area contributed by atoms with Crippen molar-refractivity contribution in [2.24, 2.45) is 5.92 Å². The number of hydrogen-bond donors (Lipinski definition) is 1. The van der Waals surface area contributed by atoms with Gasteiger partial charge < -0.3 is 10.1 Å². The maximum atomic E-state index is 12.3. The van der Waals surface area contributed by atoms with Crippen LogP contribution in [0.1, 0.15) is 40.4 Å². The number of alkyl halides is 3. The molecular weight excluding hydrogens is 389 g/mol. The number of pyridine rings is 1. The molecule has 2 aromatic heterocycles. The maximum Gasteiger partial charge on any atom is 0.422 e. The van der Waals surface area contributed by atoms with Crippen molar-refractivity contribution in [2.45, 2.75) is 38.9 Å². The van der Waals surface area contributed by atoms with Crippen LogP contribution >= 0.6 is 0 Å². The van der Waals surface area contributed by atoms with Gasteiger partial charge in [0, 0.05) is 30.4 Å². The number of ketones is 1. The summed E-state index contributed by atoms with van der Waals surface area (Å²) in [7, 11) is 0. The second-order valence-electron chi connectivity index (χ2n) is 6.76. The highest BCUT2D eigenvalue weighted by Crippen LogP contribution is 2.30. The third-order valence-corrected chi connectivity index (χ3v) is 4.30. The third kappa shape index (κ3) is 6.23. The van der Waals surface area contributed by atoms with Gasteiger partial charge in [0.1, 0.15) is 17.3 Å². The lowest BCUT2D eigenvalue weighted by molar-refractivity contribution is -0.154. The van der Waals surface area contributed by atoms with Crippen LogP contribution in [0.25, 0.3) is 0 Å². The maximum absolute atomic E-state index is 12.3. The molecule has 1 amide bonds. The van der Waals surface area contributed by atoms with Crippen LogP contribution in [0, 0.1) is 12.8 Å². The van der Waals surface area contributed by atoms with Crippen LogP contribution in [-0.4, -0.2) is 39.4 Å². The number of carbonyl (C=O) groups is 2. The Labute approximate surface area is 164 Å². The lowest BCUT2D eigenvalue weighted by atomic mass is 10.2. The highest BCUT2D eigenvalue weighted by Gasteiger charge is 2.30. The molecule has 1 aliphatic carbocycles. The summed E-state index contributed by atoms with van der Waals surface area (Å²) in [4.78, 5) is 36.3. The first-order valence-electron chi connectivity index (χ1n) is 9.00. The third-order valence-electron chi connectivity index (χ3n) is 4.30. The molecule has 7 nitrogen and oxygen atoms in total. The fourth-order valence-electron chi connectivity index (χ4n) is 2.57. The molecule has 0 aliphatic heterocycles. The molecule has 0 radical (unpaired) electrons. The van der Waals surface area contributed by atoms with E-state index in [1.54, 1.807) is 6.92 Å². The number of nitrogens with zero attached hydrogens (tertiary/aromatic N) is 3. The van der Waals surface area contributed by atoms with Gasteiger partial charge in [-0.3, -0.25) is 9.59 Å². The predicted octanol–water partition coefficient (Wildman–Crippen LogP) is 2.57. The summed E-state index contributed by atoms with van der Waals surface area (Å²) in [6.07, 6.45) is -1.12. The number of aryl methyl sites for hydroxylation is 1.